The van der Waals surface area contributed by atoms with Gasteiger partial charge in [0, 0.05) is 16.7 Å². The van der Waals surface area contributed by atoms with E-state index in [9.17, 15) is 15.1 Å². The zero-order valence-corrected chi connectivity index (χ0v) is 21.1. The lowest BCUT2D eigenvalue weighted by molar-refractivity contribution is -0.0840. The molecule has 0 spiro atoms. The first-order chi connectivity index (χ1) is 19.0. The number of hydrogen-bond acceptors (Lipinski definition) is 5. The topological polar surface area (TPSA) is 122 Å². The second-order valence-electron chi connectivity index (χ2n) is 9.27. The van der Waals surface area contributed by atoms with E-state index in [-0.39, 0.29) is 12.2 Å². The van der Waals surface area contributed by atoms with Gasteiger partial charge in [0.05, 0.1) is 12.7 Å². The Morgan fingerprint density at radius 2 is 1.49 bits per heavy atom. The summed E-state index contributed by atoms with van der Waals surface area (Å²) in [4.78, 5) is 29.3. The van der Waals surface area contributed by atoms with Crippen LogP contribution in [0.1, 0.15) is 28.5 Å². The zero-order valence-electron chi connectivity index (χ0n) is 21.1. The maximum atomic E-state index is 15.7. The molecule has 1 aliphatic rings. The molecule has 1 aliphatic heterocycles. The van der Waals surface area contributed by atoms with Crippen LogP contribution in [0.2, 0.25) is 0 Å². The van der Waals surface area contributed by atoms with Crippen LogP contribution in [0.25, 0.3) is 10.4 Å². The number of rotatable bonds is 8. The van der Waals surface area contributed by atoms with E-state index in [0.29, 0.717) is 0 Å². The molecule has 4 atom stereocenters. The highest BCUT2D eigenvalue weighted by Gasteiger charge is 2.48. The number of hydrogen-bond donors (Lipinski definition) is 1. The van der Waals surface area contributed by atoms with Crippen LogP contribution in [0.5, 0.6) is 0 Å². The molecule has 4 aromatic rings. The summed E-state index contributed by atoms with van der Waals surface area (Å²) in [7, 11) is 0. The van der Waals surface area contributed by atoms with Gasteiger partial charge in [-0.15, -0.1) is 0 Å². The molecule has 0 amide bonds. The number of nitrogens with zero attached hydrogens (tertiary/aromatic N) is 4. The molecule has 0 aliphatic carbocycles. The summed E-state index contributed by atoms with van der Waals surface area (Å²) >= 11 is 0. The van der Waals surface area contributed by atoms with Gasteiger partial charge in [0.15, 0.2) is 12.4 Å². The minimum Gasteiger partial charge on any atom is -0.358 e. The van der Waals surface area contributed by atoms with E-state index in [0.717, 1.165) is 21.3 Å². The van der Waals surface area contributed by atoms with Gasteiger partial charge >= 0.3 is 5.69 Å². The second kappa shape index (κ2) is 11.1. The van der Waals surface area contributed by atoms with E-state index in [1.807, 2.05) is 91.0 Å². The molecule has 0 radical (unpaired) electrons. The van der Waals surface area contributed by atoms with Gasteiger partial charge in [0.25, 0.3) is 5.56 Å². The van der Waals surface area contributed by atoms with Crippen LogP contribution in [-0.4, -0.2) is 34.5 Å². The van der Waals surface area contributed by atoms with Crippen LogP contribution in [0.15, 0.2) is 112 Å². The fourth-order valence-corrected chi connectivity index (χ4v) is 5.01. The van der Waals surface area contributed by atoms with E-state index < -0.39 is 41.4 Å². The fraction of sp³-hybridized carbons (Fsp3) is 0.241. The summed E-state index contributed by atoms with van der Waals surface area (Å²) in [5.74, 6) is 0. The molecule has 9 nitrogen and oxygen atoms in total. The molecule has 1 N–H and O–H groups in total. The monoisotopic (exact) mass is 527 g/mol. The predicted octanol–water partition coefficient (Wildman–Crippen LogP) is 4.77. The summed E-state index contributed by atoms with van der Waals surface area (Å²) in [6.07, 6.45) is -3.08. The zero-order chi connectivity index (χ0) is 27.4. The number of aromatic nitrogens is 2. The SMILES string of the molecule is Cc1cn([C@@H]2O[C@H](COC(c3ccccc3)(c3ccccc3)c3ccccc3)[C@@H](N=[N+]=[N-])[C@H]2F)c(=O)[nH]c1=O. The number of ether oxygens (including phenoxy) is 2. The van der Waals surface area contributed by atoms with E-state index in [1.54, 1.807) is 0 Å². The summed E-state index contributed by atoms with van der Waals surface area (Å²) in [5.41, 5.74) is 9.40. The fourth-order valence-electron chi connectivity index (χ4n) is 5.01. The Kier molecular flexibility index (Phi) is 7.42. The van der Waals surface area contributed by atoms with Gasteiger partial charge in [-0.2, -0.15) is 0 Å². The molecule has 3 aromatic carbocycles. The smallest absolute Gasteiger partial charge is 0.330 e. The van der Waals surface area contributed by atoms with Crippen molar-refractivity contribution in [3.8, 4) is 0 Å². The molecular weight excluding hydrogens is 501 g/mol. The van der Waals surface area contributed by atoms with Crippen molar-refractivity contribution in [1.82, 2.24) is 9.55 Å². The van der Waals surface area contributed by atoms with E-state index in [1.165, 1.54) is 13.1 Å². The van der Waals surface area contributed by atoms with Gasteiger partial charge in [-0.05, 0) is 29.1 Å². The lowest BCUT2D eigenvalue weighted by Gasteiger charge is -2.37. The summed E-state index contributed by atoms with van der Waals surface area (Å²) in [6.45, 7) is 1.33. The minimum atomic E-state index is -1.86. The number of H-pyrrole nitrogens is 1. The van der Waals surface area contributed by atoms with Gasteiger partial charge in [-0.1, -0.05) is 96.1 Å². The van der Waals surface area contributed by atoms with Crippen LogP contribution in [0.4, 0.5) is 4.39 Å². The number of aryl methyl sites for hydroxylation is 1. The Morgan fingerprint density at radius 1 is 0.974 bits per heavy atom. The first-order valence-corrected chi connectivity index (χ1v) is 12.4. The molecule has 1 fully saturated rings. The van der Waals surface area contributed by atoms with Crippen molar-refractivity contribution in [3.05, 3.63) is 151 Å². The third-order valence-electron chi connectivity index (χ3n) is 6.90. The Morgan fingerprint density at radius 3 is 1.97 bits per heavy atom. The van der Waals surface area contributed by atoms with Crippen molar-refractivity contribution in [3.63, 3.8) is 0 Å². The molecule has 0 bridgehead atoms. The molecule has 198 valence electrons. The number of nitrogens with one attached hydrogen (secondary N) is 1. The number of azide groups is 1. The average Bonchev–Trinajstić information content (AvgIpc) is 3.27. The van der Waals surface area contributed by atoms with Crippen molar-refractivity contribution in [2.45, 2.75) is 37.1 Å². The lowest BCUT2D eigenvalue weighted by atomic mass is 9.80. The summed E-state index contributed by atoms with van der Waals surface area (Å²) in [5, 5.41) is 3.66. The third kappa shape index (κ3) is 4.88. The van der Waals surface area contributed by atoms with Gasteiger partial charge in [-0.25, -0.2) is 9.18 Å². The maximum Gasteiger partial charge on any atom is 0.330 e. The predicted molar refractivity (Wildman–Crippen MR) is 143 cm³/mol. The molecule has 0 saturated carbocycles. The minimum absolute atomic E-state index is 0.170. The van der Waals surface area contributed by atoms with Crippen molar-refractivity contribution in [2.24, 2.45) is 5.11 Å². The molecule has 1 aromatic heterocycles. The molecule has 2 heterocycles. The number of aromatic amines is 1. The van der Waals surface area contributed by atoms with Crippen molar-refractivity contribution in [1.29, 1.82) is 0 Å². The van der Waals surface area contributed by atoms with E-state index in [2.05, 4.69) is 15.0 Å². The number of halogens is 1. The Bertz CT molecular complexity index is 1490. The highest BCUT2D eigenvalue weighted by molar-refractivity contribution is 5.47. The second-order valence-corrected chi connectivity index (χ2v) is 9.27. The maximum absolute atomic E-state index is 15.7. The summed E-state index contributed by atoms with van der Waals surface area (Å²) in [6, 6.07) is 27.6. The summed E-state index contributed by atoms with van der Waals surface area (Å²) < 4.78 is 29.4. The third-order valence-corrected chi connectivity index (χ3v) is 6.90. The molecule has 39 heavy (non-hydrogen) atoms. The van der Waals surface area contributed by atoms with Crippen LogP contribution in [-0.2, 0) is 15.1 Å². The van der Waals surface area contributed by atoms with Crippen LogP contribution in [0, 0.1) is 6.92 Å². The van der Waals surface area contributed by atoms with Gasteiger partial charge in [0.1, 0.15) is 11.6 Å². The lowest BCUT2D eigenvalue weighted by Crippen LogP contribution is -2.38. The molecule has 1 saturated heterocycles. The normalized spacial score (nSPS) is 20.9. The molecular formula is C29H26FN5O4. The Balaban J connectivity index is 1.57. The van der Waals surface area contributed by atoms with Gasteiger partial charge in [-0.3, -0.25) is 14.3 Å². The first-order valence-electron chi connectivity index (χ1n) is 12.4. The molecule has 10 heteroatoms. The standard InChI is InChI=1S/C29H26FN5O4/c1-19-17-35(28(37)32-26(19)36)27-24(30)25(33-34-31)23(39-27)18-38-29(20-11-5-2-6-12-20,21-13-7-3-8-14-21)22-15-9-4-10-16-22/h2-17,23-25,27H,18H2,1H3,(H,32,36,37)/t23-,24-,25-,27-/m1/s1. The van der Waals surface area contributed by atoms with Crippen molar-refractivity contribution in [2.75, 3.05) is 6.61 Å². The number of benzene rings is 3. The molecule has 0 unspecified atom stereocenters. The molecule has 5 rings (SSSR count). The Hall–Kier alpha value is -4.50. The largest absolute Gasteiger partial charge is 0.358 e. The first kappa shape index (κ1) is 26.1. The quantitative estimate of drug-likeness (QED) is 0.154. The van der Waals surface area contributed by atoms with E-state index in [4.69, 9.17) is 9.47 Å². The van der Waals surface area contributed by atoms with Crippen LogP contribution >= 0.6 is 0 Å². The average molecular weight is 528 g/mol. The Labute approximate surface area is 223 Å². The van der Waals surface area contributed by atoms with Crippen molar-refractivity contribution >= 4 is 0 Å². The van der Waals surface area contributed by atoms with Gasteiger partial charge < -0.3 is 9.47 Å². The van der Waals surface area contributed by atoms with Crippen LogP contribution in [0.3, 0.4) is 0 Å². The van der Waals surface area contributed by atoms with Crippen LogP contribution < -0.4 is 11.2 Å². The van der Waals surface area contributed by atoms with Gasteiger partial charge in [0.2, 0.25) is 0 Å². The van der Waals surface area contributed by atoms with E-state index >= 15 is 4.39 Å². The highest BCUT2D eigenvalue weighted by Crippen LogP contribution is 2.42. The number of alkyl halides is 1. The van der Waals surface area contributed by atoms with Crippen molar-refractivity contribution < 1.29 is 13.9 Å². The highest BCUT2D eigenvalue weighted by atomic mass is 19.1.